The molecule has 0 aliphatic rings. The molecule has 2 heterocycles. The number of hydrogen-bond acceptors (Lipinski definition) is 3. The van der Waals surface area contributed by atoms with Gasteiger partial charge in [0.05, 0.1) is 17.1 Å². The van der Waals surface area contributed by atoms with Gasteiger partial charge in [-0.1, -0.05) is 60.7 Å². The van der Waals surface area contributed by atoms with Crippen LogP contribution in [-0.4, -0.2) is 26.5 Å². The number of nitrogens with one attached hydrogen (secondary N) is 1. The molecular formula is C36H31N3O3. The summed E-state index contributed by atoms with van der Waals surface area (Å²) in [7, 11) is 0. The average Bonchev–Trinajstić information content (AvgIpc) is 3.25. The number of aryl methyl sites for hydroxylation is 1. The van der Waals surface area contributed by atoms with Gasteiger partial charge in [-0.05, 0) is 85.0 Å². The van der Waals surface area contributed by atoms with E-state index in [1.807, 2.05) is 91.9 Å². The molecule has 6 nitrogen and oxygen atoms in total. The maximum Gasteiger partial charge on any atom is 0.336 e. The van der Waals surface area contributed by atoms with Crippen molar-refractivity contribution in [2.45, 2.75) is 33.4 Å². The van der Waals surface area contributed by atoms with Gasteiger partial charge in [-0.2, -0.15) is 0 Å². The summed E-state index contributed by atoms with van der Waals surface area (Å²) < 4.78 is 2.26. The Kier molecular flexibility index (Phi) is 7.05. The third kappa shape index (κ3) is 4.92. The Balaban J connectivity index is 1.24. The van der Waals surface area contributed by atoms with E-state index in [1.165, 1.54) is 0 Å². The van der Waals surface area contributed by atoms with Crippen molar-refractivity contribution in [3.8, 4) is 11.1 Å². The van der Waals surface area contributed by atoms with Gasteiger partial charge in [0.15, 0.2) is 0 Å². The lowest BCUT2D eigenvalue weighted by Gasteiger charge is -2.16. The van der Waals surface area contributed by atoms with E-state index in [-0.39, 0.29) is 17.5 Å². The average molecular weight is 554 g/mol. The van der Waals surface area contributed by atoms with E-state index in [1.54, 1.807) is 18.3 Å². The minimum atomic E-state index is -0.937. The molecule has 6 rings (SSSR count). The van der Waals surface area contributed by atoms with Crippen molar-refractivity contribution in [2.75, 3.05) is 0 Å². The molecule has 0 radical (unpaired) electrons. The number of nitrogens with zero attached hydrogens (tertiary/aromatic N) is 2. The van der Waals surface area contributed by atoms with Crippen LogP contribution in [0.15, 0.2) is 103 Å². The summed E-state index contributed by atoms with van der Waals surface area (Å²) in [5, 5.41) is 14.8. The van der Waals surface area contributed by atoms with Crippen LogP contribution in [0.3, 0.4) is 0 Å². The number of carboxylic acid groups (broad SMARTS) is 1. The Hall–Kier alpha value is -5.23. The molecule has 6 aromatic rings. The Morgan fingerprint density at radius 3 is 2.40 bits per heavy atom. The van der Waals surface area contributed by atoms with Gasteiger partial charge < -0.3 is 15.0 Å². The van der Waals surface area contributed by atoms with Crippen molar-refractivity contribution in [3.05, 3.63) is 137 Å². The van der Waals surface area contributed by atoms with Crippen LogP contribution in [0, 0.1) is 13.8 Å². The number of rotatable bonds is 7. The lowest BCUT2D eigenvalue weighted by molar-refractivity contribution is 0.0697. The van der Waals surface area contributed by atoms with Crippen molar-refractivity contribution >= 4 is 33.7 Å². The van der Waals surface area contributed by atoms with E-state index in [9.17, 15) is 14.7 Å². The highest BCUT2D eigenvalue weighted by atomic mass is 16.4. The normalized spacial score (nSPS) is 12.0. The van der Waals surface area contributed by atoms with E-state index in [2.05, 4.69) is 28.7 Å². The van der Waals surface area contributed by atoms with Gasteiger partial charge in [0, 0.05) is 40.3 Å². The van der Waals surface area contributed by atoms with Gasteiger partial charge in [0.1, 0.15) is 0 Å². The van der Waals surface area contributed by atoms with Crippen LogP contribution in [0.25, 0.3) is 32.9 Å². The molecule has 2 aromatic heterocycles. The molecule has 0 saturated heterocycles. The summed E-state index contributed by atoms with van der Waals surface area (Å²) in [4.78, 5) is 29.5. The van der Waals surface area contributed by atoms with Gasteiger partial charge in [-0.3, -0.25) is 9.78 Å². The highest BCUT2D eigenvalue weighted by molar-refractivity contribution is 6.00. The van der Waals surface area contributed by atoms with Crippen LogP contribution in [0.2, 0.25) is 0 Å². The maximum absolute atomic E-state index is 13.3. The van der Waals surface area contributed by atoms with E-state index >= 15 is 0 Å². The molecule has 0 aliphatic heterocycles. The third-order valence-electron chi connectivity index (χ3n) is 8.16. The standard InChI is InChI=1S/C36H31N3O3/c1-22-24(3)39(21-25-12-14-26(15-13-25)29-8-4-5-10-31(29)36(41)42)34-17-16-27(20-32(22)34)35(40)38-23(2)28-18-19-37-33-11-7-6-9-30(28)33/h4-20,23H,21H2,1-3H3,(H,38,40)(H,41,42)/t23-/m1/s1. The highest BCUT2D eigenvalue weighted by Gasteiger charge is 2.18. The largest absolute Gasteiger partial charge is 0.478 e. The monoisotopic (exact) mass is 553 g/mol. The van der Waals surface area contributed by atoms with Gasteiger partial charge in [0.2, 0.25) is 0 Å². The molecule has 208 valence electrons. The number of aromatic carboxylic acids is 1. The van der Waals surface area contributed by atoms with Crippen molar-refractivity contribution in [1.82, 2.24) is 14.9 Å². The first-order valence-electron chi connectivity index (χ1n) is 14.0. The lowest BCUT2D eigenvalue weighted by atomic mass is 9.99. The molecule has 6 heteroatoms. The Labute approximate surface area is 244 Å². The first kappa shape index (κ1) is 27.0. The predicted molar refractivity (Wildman–Crippen MR) is 167 cm³/mol. The van der Waals surface area contributed by atoms with Crippen LogP contribution in [0.5, 0.6) is 0 Å². The molecule has 42 heavy (non-hydrogen) atoms. The van der Waals surface area contributed by atoms with Crippen LogP contribution < -0.4 is 5.32 Å². The molecule has 0 saturated carbocycles. The molecule has 2 N–H and O–H groups in total. The SMILES string of the molecule is Cc1c(C)n(Cc2ccc(-c3ccccc3C(=O)O)cc2)c2ccc(C(=O)N[C@H](C)c3ccnc4ccccc34)cc12. The first-order chi connectivity index (χ1) is 20.3. The fourth-order valence-electron chi connectivity index (χ4n) is 5.74. The molecule has 0 spiro atoms. The van der Waals surface area contributed by atoms with Gasteiger partial charge >= 0.3 is 5.97 Å². The number of para-hydroxylation sites is 1. The van der Waals surface area contributed by atoms with Crippen LogP contribution in [0.4, 0.5) is 0 Å². The van der Waals surface area contributed by atoms with Crippen molar-refractivity contribution in [2.24, 2.45) is 0 Å². The summed E-state index contributed by atoms with van der Waals surface area (Å²) in [6, 6.07) is 30.7. The molecule has 1 atom stereocenters. The summed E-state index contributed by atoms with van der Waals surface area (Å²) in [6.45, 7) is 6.85. The van der Waals surface area contributed by atoms with Gasteiger partial charge in [-0.25, -0.2) is 4.79 Å². The second-order valence-corrected chi connectivity index (χ2v) is 10.7. The summed E-state index contributed by atoms with van der Waals surface area (Å²) in [6.07, 6.45) is 1.78. The number of aromatic nitrogens is 2. The number of pyridine rings is 1. The Morgan fingerprint density at radius 2 is 1.62 bits per heavy atom. The fraction of sp³-hybridized carbons (Fsp3) is 0.139. The predicted octanol–water partition coefficient (Wildman–Crippen LogP) is 7.71. The van der Waals surface area contributed by atoms with Gasteiger partial charge in [0.25, 0.3) is 5.91 Å². The number of carboxylic acids is 1. The molecule has 0 aliphatic carbocycles. The third-order valence-corrected chi connectivity index (χ3v) is 8.16. The summed E-state index contributed by atoms with van der Waals surface area (Å²) >= 11 is 0. The van der Waals surface area contributed by atoms with E-state index < -0.39 is 5.97 Å². The Morgan fingerprint density at radius 1 is 0.881 bits per heavy atom. The number of benzene rings is 4. The molecule has 1 amide bonds. The zero-order valence-electron chi connectivity index (χ0n) is 23.8. The molecular weight excluding hydrogens is 522 g/mol. The van der Waals surface area contributed by atoms with E-state index in [0.29, 0.717) is 17.7 Å². The lowest BCUT2D eigenvalue weighted by Crippen LogP contribution is -2.26. The number of carbonyl (C=O) groups is 2. The van der Waals surface area contributed by atoms with Crippen LogP contribution in [0.1, 0.15) is 56.1 Å². The van der Waals surface area contributed by atoms with E-state index in [0.717, 1.165) is 49.8 Å². The second kappa shape index (κ2) is 11.0. The molecule has 0 fully saturated rings. The number of hydrogen-bond donors (Lipinski definition) is 2. The summed E-state index contributed by atoms with van der Waals surface area (Å²) in [5.41, 5.74) is 8.86. The molecule has 4 aromatic carbocycles. The summed E-state index contributed by atoms with van der Waals surface area (Å²) in [5.74, 6) is -1.06. The molecule has 0 bridgehead atoms. The van der Waals surface area contributed by atoms with Crippen molar-refractivity contribution in [3.63, 3.8) is 0 Å². The Bertz CT molecular complexity index is 1970. The maximum atomic E-state index is 13.3. The highest BCUT2D eigenvalue weighted by Crippen LogP contribution is 2.29. The zero-order chi connectivity index (χ0) is 29.4. The fourth-order valence-corrected chi connectivity index (χ4v) is 5.74. The van der Waals surface area contributed by atoms with Gasteiger partial charge in [-0.15, -0.1) is 0 Å². The number of amides is 1. The van der Waals surface area contributed by atoms with Crippen LogP contribution in [-0.2, 0) is 6.54 Å². The zero-order valence-corrected chi connectivity index (χ0v) is 23.8. The number of carbonyl (C=O) groups excluding carboxylic acids is 1. The minimum Gasteiger partial charge on any atom is -0.478 e. The van der Waals surface area contributed by atoms with Crippen LogP contribution >= 0.6 is 0 Å². The smallest absolute Gasteiger partial charge is 0.336 e. The van der Waals surface area contributed by atoms with Crippen molar-refractivity contribution in [1.29, 1.82) is 0 Å². The topological polar surface area (TPSA) is 84.2 Å². The van der Waals surface area contributed by atoms with Crippen molar-refractivity contribution < 1.29 is 14.7 Å². The number of fused-ring (bicyclic) bond motifs is 2. The molecule has 0 unspecified atom stereocenters. The van der Waals surface area contributed by atoms with E-state index in [4.69, 9.17) is 0 Å². The first-order valence-corrected chi connectivity index (χ1v) is 14.0. The minimum absolute atomic E-state index is 0.118. The second-order valence-electron chi connectivity index (χ2n) is 10.7. The quantitative estimate of drug-likeness (QED) is 0.212.